The molecule has 3 nitrogen and oxygen atoms in total. The number of hydrogen-bond donors (Lipinski definition) is 2. The van der Waals surface area contributed by atoms with Gasteiger partial charge in [-0.2, -0.15) is 0 Å². The van der Waals surface area contributed by atoms with Gasteiger partial charge in [0.25, 0.3) is 5.56 Å². The Morgan fingerprint density at radius 3 is 2.73 bits per heavy atom. The van der Waals surface area contributed by atoms with Crippen LogP contribution in [0.25, 0.3) is 12.2 Å². The number of aromatic amines is 2. The van der Waals surface area contributed by atoms with E-state index < -0.39 is 0 Å². The van der Waals surface area contributed by atoms with E-state index in [1.165, 1.54) is 0 Å². The van der Waals surface area contributed by atoms with E-state index in [1.807, 2.05) is 13.0 Å². The molecule has 0 aliphatic carbocycles. The quantitative estimate of drug-likeness (QED) is 0.657. The molecule has 0 radical (unpaired) electrons. The molecule has 1 heterocycles. The van der Waals surface area contributed by atoms with E-state index >= 15 is 0 Å². The molecule has 0 aliphatic heterocycles. The number of nitrogens with one attached hydrogen (secondary N) is 2. The van der Waals surface area contributed by atoms with Gasteiger partial charge >= 0.3 is 0 Å². The standard InChI is InChI=1S/C8H10N2O/c1-3-5-6-7(4-2)9-10-8(6)11/h3-5H,2H2,1H3,(H2,9,10,11)/b5-3-. The van der Waals surface area contributed by atoms with Crippen molar-refractivity contribution in [3.63, 3.8) is 0 Å². The Labute approximate surface area is 64.4 Å². The normalized spacial score (nSPS) is 10.6. The third-order valence-corrected chi connectivity index (χ3v) is 1.38. The van der Waals surface area contributed by atoms with Gasteiger partial charge in [-0.3, -0.25) is 15.0 Å². The fourth-order valence-corrected chi connectivity index (χ4v) is 0.874. The van der Waals surface area contributed by atoms with E-state index in [4.69, 9.17) is 0 Å². The number of hydrogen-bond acceptors (Lipinski definition) is 1. The Bertz CT molecular complexity index is 330. The molecule has 0 aromatic carbocycles. The van der Waals surface area contributed by atoms with Crippen LogP contribution in [0.5, 0.6) is 0 Å². The molecule has 0 amide bonds. The zero-order valence-electron chi connectivity index (χ0n) is 6.35. The zero-order chi connectivity index (χ0) is 8.27. The first kappa shape index (κ1) is 7.60. The van der Waals surface area contributed by atoms with Crippen molar-refractivity contribution in [3.05, 3.63) is 34.3 Å². The smallest absolute Gasteiger partial charge is 0.271 e. The number of aromatic nitrogens is 2. The van der Waals surface area contributed by atoms with E-state index in [2.05, 4.69) is 16.8 Å². The highest BCUT2D eigenvalue weighted by molar-refractivity contribution is 5.60. The van der Waals surface area contributed by atoms with Crippen LogP contribution in [0.1, 0.15) is 18.2 Å². The molecule has 0 atom stereocenters. The highest BCUT2D eigenvalue weighted by atomic mass is 16.1. The van der Waals surface area contributed by atoms with Crippen LogP contribution in [0.3, 0.4) is 0 Å². The van der Waals surface area contributed by atoms with Crippen LogP contribution < -0.4 is 5.56 Å². The molecule has 2 N–H and O–H groups in total. The number of rotatable bonds is 2. The molecular formula is C8H10N2O. The van der Waals surface area contributed by atoms with E-state index in [0.29, 0.717) is 5.56 Å². The Hall–Kier alpha value is -1.51. The molecule has 1 rings (SSSR count). The maximum absolute atomic E-state index is 11.0. The summed E-state index contributed by atoms with van der Waals surface area (Å²) in [6.07, 6.45) is 5.16. The van der Waals surface area contributed by atoms with Gasteiger partial charge in [0.1, 0.15) is 0 Å². The van der Waals surface area contributed by atoms with Gasteiger partial charge in [0.05, 0.1) is 11.3 Å². The fraction of sp³-hybridized carbons (Fsp3) is 0.125. The van der Waals surface area contributed by atoms with Crippen LogP contribution in [-0.4, -0.2) is 10.2 Å². The lowest BCUT2D eigenvalue weighted by Crippen LogP contribution is -2.01. The summed E-state index contributed by atoms with van der Waals surface area (Å²) in [5.74, 6) is 0. The minimum atomic E-state index is -0.113. The summed E-state index contributed by atoms with van der Waals surface area (Å²) in [6.45, 7) is 5.42. The van der Waals surface area contributed by atoms with Crippen LogP contribution in [0.2, 0.25) is 0 Å². The van der Waals surface area contributed by atoms with Gasteiger partial charge in [-0.05, 0) is 13.0 Å². The molecule has 58 valence electrons. The predicted octanol–water partition coefficient (Wildman–Crippen LogP) is 1.38. The topological polar surface area (TPSA) is 48.6 Å². The van der Waals surface area contributed by atoms with Crippen LogP contribution in [0, 0.1) is 0 Å². The third kappa shape index (κ3) is 1.32. The molecule has 0 spiro atoms. The number of allylic oxidation sites excluding steroid dienone is 1. The lowest BCUT2D eigenvalue weighted by atomic mass is 10.2. The fourth-order valence-electron chi connectivity index (χ4n) is 0.874. The largest absolute Gasteiger partial charge is 0.298 e. The molecule has 3 heteroatoms. The number of H-pyrrole nitrogens is 2. The van der Waals surface area contributed by atoms with Gasteiger partial charge in [-0.15, -0.1) is 0 Å². The molecule has 1 aromatic heterocycles. The minimum Gasteiger partial charge on any atom is -0.298 e. The summed E-state index contributed by atoms with van der Waals surface area (Å²) in [5, 5.41) is 5.17. The summed E-state index contributed by atoms with van der Waals surface area (Å²) in [5.41, 5.74) is 1.24. The van der Waals surface area contributed by atoms with Crippen molar-refractivity contribution in [2.75, 3.05) is 0 Å². The molecule has 0 saturated carbocycles. The van der Waals surface area contributed by atoms with E-state index in [1.54, 1.807) is 12.2 Å². The van der Waals surface area contributed by atoms with Crippen LogP contribution in [0.15, 0.2) is 17.4 Å². The summed E-state index contributed by atoms with van der Waals surface area (Å²) in [6, 6.07) is 0. The molecular weight excluding hydrogens is 140 g/mol. The summed E-state index contributed by atoms with van der Waals surface area (Å²) in [7, 11) is 0. The highest BCUT2D eigenvalue weighted by Gasteiger charge is 2.00. The van der Waals surface area contributed by atoms with E-state index in [0.717, 1.165) is 5.69 Å². The first-order valence-electron chi connectivity index (χ1n) is 3.35. The van der Waals surface area contributed by atoms with Crippen molar-refractivity contribution in [2.24, 2.45) is 0 Å². The summed E-state index contributed by atoms with van der Waals surface area (Å²) >= 11 is 0. The maximum Gasteiger partial charge on any atom is 0.271 e. The Morgan fingerprint density at radius 2 is 2.18 bits per heavy atom. The highest BCUT2D eigenvalue weighted by Crippen LogP contribution is 2.02. The van der Waals surface area contributed by atoms with E-state index in [9.17, 15) is 4.79 Å². The van der Waals surface area contributed by atoms with Gasteiger partial charge in [0.2, 0.25) is 0 Å². The first-order chi connectivity index (χ1) is 5.29. The Kier molecular flexibility index (Phi) is 2.11. The van der Waals surface area contributed by atoms with E-state index in [-0.39, 0.29) is 5.56 Å². The maximum atomic E-state index is 11.0. The van der Waals surface area contributed by atoms with Crippen molar-refractivity contribution < 1.29 is 0 Å². The molecule has 0 saturated heterocycles. The Morgan fingerprint density at radius 1 is 1.45 bits per heavy atom. The molecule has 0 aliphatic rings. The predicted molar refractivity (Wildman–Crippen MR) is 46.2 cm³/mol. The van der Waals surface area contributed by atoms with Gasteiger partial charge in [-0.1, -0.05) is 18.7 Å². The third-order valence-electron chi connectivity index (χ3n) is 1.38. The van der Waals surface area contributed by atoms with Crippen molar-refractivity contribution in [2.45, 2.75) is 6.92 Å². The van der Waals surface area contributed by atoms with Crippen LogP contribution >= 0.6 is 0 Å². The second-order valence-corrected chi connectivity index (χ2v) is 2.11. The van der Waals surface area contributed by atoms with Gasteiger partial charge < -0.3 is 0 Å². The SMILES string of the molecule is C=Cc1[nH][nH]c(=O)c1/C=C\C. The molecule has 1 aromatic rings. The lowest BCUT2D eigenvalue weighted by Gasteiger charge is -1.84. The molecule has 0 unspecified atom stereocenters. The van der Waals surface area contributed by atoms with Crippen LogP contribution in [0.4, 0.5) is 0 Å². The van der Waals surface area contributed by atoms with Crippen molar-refractivity contribution in [1.82, 2.24) is 10.2 Å². The van der Waals surface area contributed by atoms with Gasteiger partial charge in [0.15, 0.2) is 0 Å². The minimum absolute atomic E-state index is 0.113. The monoisotopic (exact) mass is 150 g/mol. The van der Waals surface area contributed by atoms with Crippen molar-refractivity contribution in [1.29, 1.82) is 0 Å². The molecule has 0 bridgehead atoms. The first-order valence-corrected chi connectivity index (χ1v) is 3.35. The molecule has 11 heavy (non-hydrogen) atoms. The second-order valence-electron chi connectivity index (χ2n) is 2.11. The van der Waals surface area contributed by atoms with Crippen LogP contribution in [-0.2, 0) is 0 Å². The van der Waals surface area contributed by atoms with Gasteiger partial charge in [-0.25, -0.2) is 0 Å². The van der Waals surface area contributed by atoms with Crippen molar-refractivity contribution in [3.8, 4) is 0 Å². The summed E-state index contributed by atoms with van der Waals surface area (Å²) in [4.78, 5) is 11.0. The summed E-state index contributed by atoms with van der Waals surface area (Å²) < 4.78 is 0. The second kappa shape index (κ2) is 3.05. The lowest BCUT2D eigenvalue weighted by molar-refractivity contribution is 1.05. The van der Waals surface area contributed by atoms with Crippen molar-refractivity contribution >= 4 is 12.2 Å². The zero-order valence-corrected chi connectivity index (χ0v) is 6.35. The average molecular weight is 150 g/mol. The Balaban J connectivity index is 3.28. The average Bonchev–Trinajstić information content (AvgIpc) is 2.34. The van der Waals surface area contributed by atoms with Gasteiger partial charge in [0, 0.05) is 0 Å². The molecule has 0 fully saturated rings.